The minimum atomic E-state index is -3.80. The lowest BCUT2D eigenvalue weighted by Crippen LogP contribution is -2.42. The molecule has 1 heterocycles. The quantitative estimate of drug-likeness (QED) is 0.485. The molecule has 3 aromatic rings. The molecule has 4 rings (SSSR count). The average Bonchev–Trinajstić information content (AvgIpc) is 3.16. The molecular formula is C23H22Cl2N2O2S. The van der Waals surface area contributed by atoms with Crippen molar-refractivity contribution < 1.29 is 8.42 Å². The van der Waals surface area contributed by atoms with Gasteiger partial charge >= 0.3 is 0 Å². The zero-order valence-electron chi connectivity index (χ0n) is 16.4. The topological polar surface area (TPSA) is 40.6 Å². The molecule has 2 unspecified atom stereocenters. The fourth-order valence-corrected chi connectivity index (χ4v) is 6.03. The molecule has 2 atom stereocenters. The van der Waals surface area contributed by atoms with Crippen molar-refractivity contribution in [3.63, 3.8) is 0 Å². The van der Waals surface area contributed by atoms with Crippen molar-refractivity contribution in [2.24, 2.45) is 0 Å². The summed E-state index contributed by atoms with van der Waals surface area (Å²) in [4.78, 5) is 0.220. The van der Waals surface area contributed by atoms with Crippen molar-refractivity contribution in [2.75, 3.05) is 13.1 Å². The number of sulfonamides is 1. The fraction of sp³-hybridized carbons (Fsp3) is 0.217. The molecule has 3 aromatic carbocycles. The highest BCUT2D eigenvalue weighted by molar-refractivity contribution is 7.89. The van der Waals surface area contributed by atoms with Crippen LogP contribution in [0.3, 0.4) is 0 Å². The summed E-state index contributed by atoms with van der Waals surface area (Å²) >= 11 is 12.1. The second kappa shape index (κ2) is 8.69. The molecule has 4 nitrogen and oxygen atoms in total. The molecule has 0 bridgehead atoms. The highest BCUT2D eigenvalue weighted by Crippen LogP contribution is 2.46. The van der Waals surface area contributed by atoms with Gasteiger partial charge in [0.1, 0.15) is 0 Å². The van der Waals surface area contributed by atoms with E-state index in [9.17, 15) is 8.42 Å². The summed E-state index contributed by atoms with van der Waals surface area (Å²) in [5, 5.41) is 3.02. The molecule has 30 heavy (non-hydrogen) atoms. The van der Waals surface area contributed by atoms with Gasteiger partial charge in [0.15, 0.2) is 0 Å². The predicted octanol–water partition coefficient (Wildman–Crippen LogP) is 5.76. The summed E-state index contributed by atoms with van der Waals surface area (Å²) in [6, 6.07) is 23.4. The van der Waals surface area contributed by atoms with E-state index in [0.717, 1.165) is 11.1 Å². The smallest absolute Gasteiger partial charge is 0.227 e. The third kappa shape index (κ3) is 4.01. The van der Waals surface area contributed by atoms with Gasteiger partial charge in [-0.05, 0) is 47.5 Å². The van der Waals surface area contributed by atoms with Gasteiger partial charge in [0, 0.05) is 29.1 Å². The molecule has 0 spiro atoms. The van der Waals surface area contributed by atoms with Crippen LogP contribution < -0.4 is 0 Å². The zero-order chi connectivity index (χ0) is 21.3. The van der Waals surface area contributed by atoms with Gasteiger partial charge in [-0.3, -0.25) is 0 Å². The maximum atomic E-state index is 13.8. The van der Waals surface area contributed by atoms with Crippen LogP contribution in [0.4, 0.5) is 0 Å². The monoisotopic (exact) mass is 460 g/mol. The van der Waals surface area contributed by atoms with Gasteiger partial charge in [0.25, 0.3) is 10.0 Å². The number of hydrogen-bond acceptors (Lipinski definition) is 3. The second-order valence-electron chi connectivity index (χ2n) is 7.25. The van der Waals surface area contributed by atoms with Crippen LogP contribution in [0.25, 0.3) is 0 Å². The van der Waals surface area contributed by atoms with Crippen LogP contribution in [0.2, 0.25) is 10.0 Å². The Bertz CT molecular complexity index is 1100. The van der Waals surface area contributed by atoms with Crippen molar-refractivity contribution in [1.29, 1.82) is 0 Å². The number of hydrogen-bond donors (Lipinski definition) is 0. The van der Waals surface area contributed by atoms with Crippen molar-refractivity contribution in [3.8, 4) is 0 Å². The number of nitrogens with zero attached hydrogens (tertiary/aromatic N) is 2. The van der Waals surface area contributed by atoms with E-state index in [4.69, 9.17) is 23.2 Å². The van der Waals surface area contributed by atoms with E-state index in [0.29, 0.717) is 23.1 Å². The van der Waals surface area contributed by atoms with E-state index in [-0.39, 0.29) is 16.9 Å². The summed E-state index contributed by atoms with van der Waals surface area (Å²) in [5.41, 5.74) is 2.01. The molecule has 156 valence electrons. The highest BCUT2D eigenvalue weighted by atomic mass is 35.5. The highest BCUT2D eigenvalue weighted by Gasteiger charge is 2.47. The largest absolute Gasteiger partial charge is 0.256 e. The van der Waals surface area contributed by atoms with Crippen LogP contribution in [0.1, 0.15) is 30.0 Å². The number of halogens is 2. The summed E-state index contributed by atoms with van der Waals surface area (Å²) < 4.78 is 29.1. The van der Waals surface area contributed by atoms with Gasteiger partial charge in [-0.1, -0.05) is 72.6 Å². The van der Waals surface area contributed by atoms with Gasteiger partial charge < -0.3 is 0 Å². The third-order valence-electron chi connectivity index (χ3n) is 5.47. The Morgan fingerprint density at radius 2 is 1.40 bits per heavy atom. The maximum absolute atomic E-state index is 13.8. The lowest BCUT2D eigenvalue weighted by Gasteiger charge is -2.31. The first kappa shape index (κ1) is 21.3. The Morgan fingerprint density at radius 1 is 0.833 bits per heavy atom. The van der Waals surface area contributed by atoms with Crippen LogP contribution in [0.15, 0.2) is 83.8 Å². The third-order valence-corrected chi connectivity index (χ3v) is 7.79. The molecule has 1 saturated heterocycles. The number of benzene rings is 3. The lowest BCUT2D eigenvalue weighted by molar-refractivity contribution is 0.0975. The Balaban J connectivity index is 1.87. The van der Waals surface area contributed by atoms with Gasteiger partial charge in [-0.15, -0.1) is 4.41 Å². The van der Waals surface area contributed by atoms with Gasteiger partial charge in [-0.25, -0.2) is 13.4 Å². The van der Waals surface area contributed by atoms with Crippen molar-refractivity contribution >= 4 is 33.2 Å². The van der Waals surface area contributed by atoms with Crippen LogP contribution in [0.5, 0.6) is 0 Å². The van der Waals surface area contributed by atoms with E-state index in [1.807, 2.05) is 42.3 Å². The van der Waals surface area contributed by atoms with E-state index in [1.165, 1.54) is 4.41 Å². The van der Waals surface area contributed by atoms with Gasteiger partial charge in [0.05, 0.1) is 10.9 Å². The van der Waals surface area contributed by atoms with Crippen molar-refractivity contribution in [2.45, 2.75) is 23.8 Å². The van der Waals surface area contributed by atoms with Crippen LogP contribution in [-0.2, 0) is 10.0 Å². The fourth-order valence-electron chi connectivity index (χ4n) is 4.03. The Morgan fingerprint density at radius 3 is 1.97 bits per heavy atom. The van der Waals surface area contributed by atoms with Crippen molar-refractivity contribution in [1.82, 2.24) is 9.42 Å². The van der Waals surface area contributed by atoms with E-state index < -0.39 is 10.0 Å². The van der Waals surface area contributed by atoms with Gasteiger partial charge in [0.2, 0.25) is 0 Å². The molecule has 0 amide bonds. The Labute approximate surface area is 187 Å². The molecule has 0 saturated carbocycles. The predicted molar refractivity (Wildman–Crippen MR) is 121 cm³/mol. The molecular weight excluding hydrogens is 439 g/mol. The Hall–Kier alpha value is -1.89. The SMILES string of the molecule is CCN1CC(c2ccccc2)C(c2ccc(Cl)cc2)N1S(=O)(=O)c1ccc(Cl)cc1. The molecule has 1 aliphatic rings. The maximum Gasteiger partial charge on any atom is 0.256 e. The summed E-state index contributed by atoms with van der Waals surface area (Å²) in [5.74, 6) is -0.0191. The second-order valence-corrected chi connectivity index (χ2v) is 9.92. The lowest BCUT2D eigenvalue weighted by atomic mass is 9.89. The van der Waals surface area contributed by atoms with E-state index in [1.54, 1.807) is 36.4 Å². The molecule has 0 aliphatic carbocycles. The van der Waals surface area contributed by atoms with Crippen LogP contribution in [0, 0.1) is 0 Å². The van der Waals surface area contributed by atoms with Gasteiger partial charge in [-0.2, -0.15) is 0 Å². The number of rotatable bonds is 5. The molecule has 0 radical (unpaired) electrons. The summed E-state index contributed by atoms with van der Waals surface area (Å²) in [7, 11) is -3.80. The minimum absolute atomic E-state index is 0.0191. The first-order valence-corrected chi connectivity index (χ1v) is 12.0. The molecule has 0 aromatic heterocycles. The van der Waals surface area contributed by atoms with E-state index >= 15 is 0 Å². The number of likely N-dealkylation sites (N-methyl/N-ethyl adjacent to an activating group) is 1. The molecule has 7 heteroatoms. The zero-order valence-corrected chi connectivity index (χ0v) is 18.8. The first-order chi connectivity index (χ1) is 14.4. The Kier molecular flexibility index (Phi) is 6.19. The molecule has 1 aliphatic heterocycles. The first-order valence-electron chi connectivity index (χ1n) is 9.77. The van der Waals surface area contributed by atoms with Crippen LogP contribution >= 0.6 is 23.2 Å². The minimum Gasteiger partial charge on any atom is -0.227 e. The average molecular weight is 461 g/mol. The normalized spacial score (nSPS) is 20.5. The molecule has 1 fully saturated rings. The summed E-state index contributed by atoms with van der Waals surface area (Å²) in [6.45, 7) is 3.14. The van der Waals surface area contributed by atoms with Crippen molar-refractivity contribution in [3.05, 3.63) is 100 Å². The van der Waals surface area contributed by atoms with Crippen LogP contribution in [-0.4, -0.2) is 30.9 Å². The van der Waals surface area contributed by atoms with E-state index in [2.05, 4.69) is 12.1 Å². The summed E-state index contributed by atoms with van der Waals surface area (Å²) in [6.07, 6.45) is 0. The number of hydrazine groups is 1. The standard InChI is InChI=1S/C23H22Cl2N2O2S/c1-2-26-16-22(17-6-4-3-5-7-17)23(18-8-10-19(24)11-9-18)27(26)30(28,29)21-14-12-20(25)13-15-21/h3-15,22-23H,2,16H2,1H3. The molecule has 0 N–H and O–H groups in total.